The van der Waals surface area contributed by atoms with Crippen molar-refractivity contribution in [3.05, 3.63) is 37.4 Å². The third-order valence-corrected chi connectivity index (χ3v) is 5.25. The molecule has 2 heterocycles. The predicted octanol–water partition coefficient (Wildman–Crippen LogP) is 3.37. The fraction of sp³-hybridized carbons (Fsp3) is 0.100. The molecule has 2 rings (SSSR count). The van der Waals surface area contributed by atoms with E-state index in [0.29, 0.717) is 19.5 Å². The van der Waals surface area contributed by atoms with Crippen molar-refractivity contribution in [2.24, 2.45) is 0 Å². The summed E-state index contributed by atoms with van der Waals surface area (Å²) in [7, 11) is 0. The molecule has 0 aromatic carbocycles. The highest BCUT2D eigenvalue weighted by molar-refractivity contribution is 9.10. The fourth-order valence-corrected chi connectivity index (χ4v) is 3.77. The van der Waals surface area contributed by atoms with E-state index in [4.69, 9.17) is 5.11 Å². The molecule has 1 N–H and O–H groups in total. The van der Waals surface area contributed by atoms with Crippen LogP contribution >= 0.6 is 39.0 Å². The molecular weight excluding hydrogens is 370 g/mol. The van der Waals surface area contributed by atoms with E-state index in [1.54, 1.807) is 6.92 Å². The number of hydrogen-bond acceptors (Lipinski definition) is 7. The lowest BCUT2D eigenvalue weighted by molar-refractivity contribution is -0.385. The van der Waals surface area contributed by atoms with E-state index in [1.807, 2.05) is 0 Å². The maximum Gasteiger partial charge on any atom is 0.347 e. The van der Waals surface area contributed by atoms with Gasteiger partial charge in [0.15, 0.2) is 4.34 Å². The molecule has 0 radical (unpaired) electrons. The number of nitrogens with zero attached hydrogens (tertiary/aromatic N) is 3. The number of nitro groups is 1. The standard InChI is InChI=1S/C10H6BrN3O4S2/c1-4-7(9(15)16)19-10(13-4)20-8-6(11)2-5(3-12-8)14(17)18/h2-3H,1H3,(H,15,16). The highest BCUT2D eigenvalue weighted by atomic mass is 79.9. The maximum atomic E-state index is 10.9. The Hall–Kier alpha value is -1.52. The quantitative estimate of drug-likeness (QED) is 0.644. The first kappa shape index (κ1) is 14.9. The van der Waals surface area contributed by atoms with Gasteiger partial charge in [-0.15, -0.1) is 0 Å². The van der Waals surface area contributed by atoms with Gasteiger partial charge in [-0.25, -0.2) is 14.8 Å². The number of pyridine rings is 1. The number of aromatic carboxylic acids is 1. The first-order valence-corrected chi connectivity index (χ1v) is 7.49. The Morgan fingerprint density at radius 2 is 2.30 bits per heavy atom. The highest BCUT2D eigenvalue weighted by Crippen LogP contribution is 2.36. The third kappa shape index (κ3) is 3.14. The molecule has 0 saturated heterocycles. The van der Waals surface area contributed by atoms with Crippen molar-refractivity contribution in [2.45, 2.75) is 16.3 Å². The van der Waals surface area contributed by atoms with Gasteiger partial charge in [0.1, 0.15) is 16.1 Å². The predicted molar refractivity (Wildman–Crippen MR) is 76.5 cm³/mol. The topological polar surface area (TPSA) is 106 Å². The second kappa shape index (κ2) is 5.85. The zero-order valence-corrected chi connectivity index (χ0v) is 13.1. The van der Waals surface area contributed by atoms with E-state index >= 15 is 0 Å². The number of hydrogen-bond donors (Lipinski definition) is 1. The van der Waals surface area contributed by atoms with Gasteiger partial charge in [-0.05, 0) is 34.6 Å². The molecule has 104 valence electrons. The minimum atomic E-state index is -1.03. The van der Waals surface area contributed by atoms with Crippen molar-refractivity contribution >= 4 is 50.7 Å². The van der Waals surface area contributed by atoms with Gasteiger partial charge in [0.05, 0.1) is 15.1 Å². The average molecular weight is 376 g/mol. The van der Waals surface area contributed by atoms with E-state index in [1.165, 1.54) is 6.07 Å². The molecule has 7 nitrogen and oxygen atoms in total. The number of carboxylic acids is 1. The van der Waals surface area contributed by atoms with E-state index in [0.717, 1.165) is 29.3 Å². The number of thiazole rings is 1. The summed E-state index contributed by atoms with van der Waals surface area (Å²) in [5, 5.41) is 20.1. The number of halogens is 1. The van der Waals surface area contributed by atoms with Crippen molar-refractivity contribution < 1.29 is 14.8 Å². The van der Waals surface area contributed by atoms with Crippen LogP contribution in [0, 0.1) is 17.0 Å². The molecule has 0 spiro atoms. The van der Waals surface area contributed by atoms with Crippen LogP contribution in [0.1, 0.15) is 15.4 Å². The third-order valence-electron chi connectivity index (χ3n) is 2.16. The summed E-state index contributed by atoms with van der Waals surface area (Å²) in [6.07, 6.45) is 1.14. The van der Waals surface area contributed by atoms with E-state index in [9.17, 15) is 14.9 Å². The molecule has 0 amide bonds. The first-order valence-electron chi connectivity index (χ1n) is 5.07. The van der Waals surface area contributed by atoms with Gasteiger partial charge in [0, 0.05) is 6.07 Å². The zero-order valence-electron chi connectivity index (χ0n) is 9.86. The highest BCUT2D eigenvalue weighted by Gasteiger charge is 2.17. The van der Waals surface area contributed by atoms with Crippen LogP contribution in [0.5, 0.6) is 0 Å². The van der Waals surface area contributed by atoms with Gasteiger partial charge >= 0.3 is 5.97 Å². The molecule has 0 fully saturated rings. The summed E-state index contributed by atoms with van der Waals surface area (Å²) in [6, 6.07) is 1.34. The van der Waals surface area contributed by atoms with Crippen LogP contribution in [0.3, 0.4) is 0 Å². The molecule has 20 heavy (non-hydrogen) atoms. The summed E-state index contributed by atoms with van der Waals surface area (Å²) in [5.74, 6) is -1.03. The first-order chi connectivity index (χ1) is 9.38. The molecule has 0 aliphatic carbocycles. The van der Waals surface area contributed by atoms with Gasteiger partial charge in [-0.3, -0.25) is 10.1 Å². The summed E-state index contributed by atoms with van der Waals surface area (Å²) in [4.78, 5) is 29.3. The Morgan fingerprint density at radius 1 is 1.60 bits per heavy atom. The summed E-state index contributed by atoms with van der Waals surface area (Å²) in [6.45, 7) is 1.61. The van der Waals surface area contributed by atoms with Crippen molar-refractivity contribution in [1.82, 2.24) is 9.97 Å². The molecule has 0 aliphatic heterocycles. The van der Waals surface area contributed by atoms with E-state index in [-0.39, 0.29) is 10.6 Å². The molecule has 0 bridgehead atoms. The summed E-state index contributed by atoms with van der Waals surface area (Å²) in [5.41, 5.74) is 0.311. The molecule has 2 aromatic rings. The number of aromatic nitrogens is 2. The van der Waals surface area contributed by atoms with Crippen LogP contribution in [0.15, 0.2) is 26.1 Å². The number of carbonyl (C=O) groups is 1. The number of rotatable bonds is 4. The molecule has 0 unspecified atom stereocenters. The van der Waals surface area contributed by atoms with Gasteiger partial charge in [0.25, 0.3) is 5.69 Å². The Labute approximate surface area is 129 Å². The number of carboxylic acid groups (broad SMARTS) is 1. The van der Waals surface area contributed by atoms with Crippen LogP contribution in [0.25, 0.3) is 0 Å². The van der Waals surface area contributed by atoms with Crippen molar-refractivity contribution in [3.63, 3.8) is 0 Å². The minimum absolute atomic E-state index is 0.122. The Morgan fingerprint density at radius 3 is 2.80 bits per heavy atom. The van der Waals surface area contributed by atoms with Gasteiger partial charge in [0.2, 0.25) is 0 Å². The van der Waals surface area contributed by atoms with Crippen LogP contribution in [-0.4, -0.2) is 26.0 Å². The van der Waals surface area contributed by atoms with Crippen molar-refractivity contribution in [1.29, 1.82) is 0 Å². The van der Waals surface area contributed by atoms with E-state index in [2.05, 4.69) is 25.9 Å². The van der Waals surface area contributed by atoms with Crippen LogP contribution in [0.2, 0.25) is 0 Å². The van der Waals surface area contributed by atoms with Crippen LogP contribution in [0.4, 0.5) is 5.69 Å². The maximum absolute atomic E-state index is 10.9. The molecule has 0 atom stereocenters. The summed E-state index contributed by atoms with van der Waals surface area (Å²) >= 11 is 5.39. The normalized spacial score (nSPS) is 10.5. The van der Waals surface area contributed by atoms with Crippen LogP contribution in [-0.2, 0) is 0 Å². The Bertz CT molecular complexity index is 704. The molecule has 10 heteroatoms. The zero-order chi connectivity index (χ0) is 14.9. The summed E-state index contributed by atoms with van der Waals surface area (Å²) < 4.78 is 0.975. The molecule has 0 aliphatic rings. The molecule has 2 aromatic heterocycles. The van der Waals surface area contributed by atoms with Gasteiger partial charge < -0.3 is 5.11 Å². The minimum Gasteiger partial charge on any atom is -0.477 e. The Balaban J connectivity index is 2.28. The SMILES string of the molecule is Cc1nc(Sc2ncc([N+](=O)[O-])cc2Br)sc1C(=O)O. The molecular formula is C10H6BrN3O4S2. The van der Waals surface area contributed by atoms with Gasteiger partial charge in [-0.1, -0.05) is 11.3 Å². The smallest absolute Gasteiger partial charge is 0.347 e. The van der Waals surface area contributed by atoms with Crippen molar-refractivity contribution in [3.8, 4) is 0 Å². The monoisotopic (exact) mass is 375 g/mol. The fourth-order valence-electron chi connectivity index (χ4n) is 1.29. The second-order valence-electron chi connectivity index (χ2n) is 3.54. The van der Waals surface area contributed by atoms with E-state index < -0.39 is 10.9 Å². The van der Waals surface area contributed by atoms with Crippen LogP contribution < -0.4 is 0 Å². The number of aryl methyl sites for hydroxylation is 1. The lowest BCUT2D eigenvalue weighted by Crippen LogP contribution is -1.94. The lowest BCUT2D eigenvalue weighted by Gasteiger charge is -1.99. The van der Waals surface area contributed by atoms with Crippen molar-refractivity contribution in [2.75, 3.05) is 0 Å². The largest absolute Gasteiger partial charge is 0.477 e. The Kier molecular flexibility index (Phi) is 4.35. The second-order valence-corrected chi connectivity index (χ2v) is 6.63. The lowest BCUT2D eigenvalue weighted by atomic mass is 10.4. The average Bonchev–Trinajstić information content (AvgIpc) is 2.73. The van der Waals surface area contributed by atoms with Gasteiger partial charge in [-0.2, -0.15) is 0 Å². The molecule has 0 saturated carbocycles.